The molecule has 0 fully saturated rings. The van der Waals surface area contributed by atoms with Crippen LogP contribution in [0.15, 0.2) is 46.0 Å². The Labute approximate surface area is 144 Å². The van der Waals surface area contributed by atoms with E-state index in [0.717, 1.165) is 11.1 Å². The molecular weight excluding hydrogens is 318 g/mol. The summed E-state index contributed by atoms with van der Waals surface area (Å²) in [6, 6.07) is 11.0. The Kier molecular flexibility index (Phi) is 4.27. The van der Waals surface area contributed by atoms with E-state index >= 15 is 0 Å². The fraction of sp³-hybridized carbons (Fsp3) is 0.211. The first-order chi connectivity index (χ1) is 11.8. The van der Waals surface area contributed by atoms with E-state index in [1.54, 1.807) is 30.1 Å². The summed E-state index contributed by atoms with van der Waals surface area (Å²) in [5.41, 5.74) is 3.32. The summed E-state index contributed by atoms with van der Waals surface area (Å²) >= 11 is 0. The van der Waals surface area contributed by atoms with Gasteiger partial charge in [-0.3, -0.25) is 14.4 Å². The van der Waals surface area contributed by atoms with E-state index in [4.69, 9.17) is 0 Å². The van der Waals surface area contributed by atoms with Gasteiger partial charge in [0.15, 0.2) is 0 Å². The molecule has 128 valence electrons. The molecule has 0 saturated carbocycles. The Bertz CT molecular complexity index is 1080. The largest absolute Gasteiger partial charge is 0.337 e. The molecule has 3 rings (SSSR count). The van der Waals surface area contributed by atoms with Crippen molar-refractivity contribution in [2.45, 2.75) is 20.4 Å². The maximum atomic E-state index is 12.7. The molecule has 2 N–H and O–H groups in total. The Morgan fingerprint density at radius 1 is 0.960 bits per heavy atom. The first-order valence-electron chi connectivity index (χ1n) is 7.93. The molecule has 0 spiro atoms. The van der Waals surface area contributed by atoms with Gasteiger partial charge in [-0.25, -0.2) is 0 Å². The smallest absolute Gasteiger partial charge is 0.314 e. The second kappa shape index (κ2) is 6.39. The molecule has 1 heterocycles. The minimum atomic E-state index is -0.735. The quantitative estimate of drug-likeness (QED) is 0.718. The summed E-state index contributed by atoms with van der Waals surface area (Å²) in [5, 5.41) is 0. The molecule has 3 aromatic rings. The second-order valence-electron chi connectivity index (χ2n) is 6.26. The average Bonchev–Trinajstić information content (AvgIpc) is 2.57. The minimum absolute atomic E-state index is 0.158. The molecule has 0 saturated heterocycles. The van der Waals surface area contributed by atoms with Crippen LogP contribution in [0.2, 0.25) is 0 Å². The van der Waals surface area contributed by atoms with E-state index in [1.165, 1.54) is 5.56 Å². The van der Waals surface area contributed by atoms with Crippen LogP contribution in [0, 0.1) is 13.8 Å². The summed E-state index contributed by atoms with van der Waals surface area (Å²) < 4.78 is 0. The Hall–Kier alpha value is -3.15. The monoisotopic (exact) mass is 337 g/mol. The van der Waals surface area contributed by atoms with Crippen LogP contribution < -0.4 is 11.1 Å². The summed E-state index contributed by atoms with van der Waals surface area (Å²) in [7, 11) is 1.74. The van der Waals surface area contributed by atoms with Gasteiger partial charge in [0.05, 0.1) is 11.0 Å². The van der Waals surface area contributed by atoms with Crippen molar-refractivity contribution in [2.75, 3.05) is 7.05 Å². The molecule has 6 heteroatoms. The van der Waals surface area contributed by atoms with Gasteiger partial charge in [0, 0.05) is 19.2 Å². The lowest BCUT2D eigenvalue weighted by Crippen LogP contribution is -2.29. The van der Waals surface area contributed by atoms with Crippen LogP contribution in [-0.2, 0) is 6.54 Å². The highest BCUT2D eigenvalue weighted by atomic mass is 16.2. The average molecular weight is 337 g/mol. The Morgan fingerprint density at radius 3 is 2.32 bits per heavy atom. The number of H-pyrrole nitrogens is 2. The van der Waals surface area contributed by atoms with Crippen molar-refractivity contribution in [1.29, 1.82) is 0 Å². The van der Waals surface area contributed by atoms with Crippen molar-refractivity contribution in [2.24, 2.45) is 0 Å². The van der Waals surface area contributed by atoms with Crippen LogP contribution >= 0.6 is 0 Å². The standard InChI is InChI=1S/C19H19N3O3/c1-11-4-5-14(12(2)8-11)10-22(3)19(25)13-6-7-15-16(9-13)21-18(24)17(23)20-15/h4-9H,10H2,1-3H3,(H,20,23)(H,21,24). The van der Waals surface area contributed by atoms with Gasteiger partial charge in [0.25, 0.3) is 5.91 Å². The van der Waals surface area contributed by atoms with Crippen LogP contribution in [0.25, 0.3) is 11.0 Å². The van der Waals surface area contributed by atoms with E-state index in [9.17, 15) is 14.4 Å². The molecule has 0 unspecified atom stereocenters. The summed E-state index contributed by atoms with van der Waals surface area (Å²) in [6.07, 6.45) is 0. The number of aryl methyl sites for hydroxylation is 2. The van der Waals surface area contributed by atoms with Crippen molar-refractivity contribution in [3.8, 4) is 0 Å². The minimum Gasteiger partial charge on any atom is -0.337 e. The zero-order valence-corrected chi connectivity index (χ0v) is 14.3. The molecule has 0 aliphatic heterocycles. The molecule has 0 aliphatic rings. The first-order valence-corrected chi connectivity index (χ1v) is 7.93. The van der Waals surface area contributed by atoms with E-state index < -0.39 is 11.1 Å². The third kappa shape index (κ3) is 3.38. The Balaban J connectivity index is 1.89. The van der Waals surface area contributed by atoms with Crippen LogP contribution in [0.4, 0.5) is 0 Å². The molecular formula is C19H19N3O3. The van der Waals surface area contributed by atoms with Gasteiger partial charge in [0.2, 0.25) is 0 Å². The number of amides is 1. The molecule has 0 aliphatic carbocycles. The zero-order chi connectivity index (χ0) is 18.1. The maximum absolute atomic E-state index is 12.7. The molecule has 0 radical (unpaired) electrons. The van der Waals surface area contributed by atoms with Gasteiger partial charge in [0.1, 0.15) is 0 Å². The summed E-state index contributed by atoms with van der Waals surface area (Å²) in [4.78, 5) is 42.1. The molecule has 1 aromatic heterocycles. The number of aromatic nitrogens is 2. The van der Waals surface area contributed by atoms with E-state index in [-0.39, 0.29) is 5.91 Å². The van der Waals surface area contributed by atoms with Crippen LogP contribution in [0.1, 0.15) is 27.0 Å². The highest BCUT2D eigenvalue weighted by molar-refractivity contribution is 5.97. The molecule has 25 heavy (non-hydrogen) atoms. The van der Waals surface area contributed by atoms with E-state index in [1.807, 2.05) is 26.0 Å². The van der Waals surface area contributed by atoms with Crippen LogP contribution in [0.3, 0.4) is 0 Å². The lowest BCUT2D eigenvalue weighted by Gasteiger charge is -2.19. The number of carbonyl (C=O) groups is 1. The first kappa shape index (κ1) is 16.7. The lowest BCUT2D eigenvalue weighted by atomic mass is 10.1. The number of benzene rings is 2. The third-order valence-corrected chi connectivity index (χ3v) is 4.22. The number of fused-ring (bicyclic) bond motifs is 1. The molecule has 2 aromatic carbocycles. The number of nitrogens with one attached hydrogen (secondary N) is 2. The topological polar surface area (TPSA) is 86.0 Å². The fourth-order valence-corrected chi connectivity index (χ4v) is 2.82. The van der Waals surface area contributed by atoms with Crippen molar-refractivity contribution in [1.82, 2.24) is 14.9 Å². The molecule has 0 bridgehead atoms. The van der Waals surface area contributed by atoms with E-state index in [2.05, 4.69) is 16.0 Å². The number of hydrogen-bond acceptors (Lipinski definition) is 3. The molecule has 1 amide bonds. The van der Waals surface area contributed by atoms with Crippen molar-refractivity contribution in [3.05, 3.63) is 79.4 Å². The second-order valence-corrected chi connectivity index (χ2v) is 6.26. The van der Waals surface area contributed by atoms with Gasteiger partial charge >= 0.3 is 11.1 Å². The van der Waals surface area contributed by atoms with Crippen molar-refractivity contribution in [3.63, 3.8) is 0 Å². The normalized spacial score (nSPS) is 10.8. The lowest BCUT2D eigenvalue weighted by molar-refractivity contribution is 0.0785. The fourth-order valence-electron chi connectivity index (χ4n) is 2.82. The predicted molar refractivity (Wildman–Crippen MR) is 96.9 cm³/mol. The predicted octanol–water partition coefficient (Wildman–Crippen LogP) is 2.11. The number of nitrogens with zero attached hydrogens (tertiary/aromatic N) is 1. The van der Waals surface area contributed by atoms with Crippen molar-refractivity contribution >= 4 is 16.9 Å². The SMILES string of the molecule is Cc1ccc(CN(C)C(=O)c2ccc3[nH]c(=O)c(=O)[nH]c3c2)c(C)c1. The van der Waals surface area contributed by atoms with Crippen LogP contribution in [-0.4, -0.2) is 27.8 Å². The van der Waals surface area contributed by atoms with E-state index in [0.29, 0.717) is 23.1 Å². The highest BCUT2D eigenvalue weighted by Crippen LogP contribution is 2.15. The molecule has 6 nitrogen and oxygen atoms in total. The summed E-state index contributed by atoms with van der Waals surface area (Å²) in [6.45, 7) is 4.55. The number of carbonyl (C=O) groups excluding carboxylic acids is 1. The van der Waals surface area contributed by atoms with Gasteiger partial charge in [-0.05, 0) is 43.2 Å². The number of aromatic amines is 2. The highest BCUT2D eigenvalue weighted by Gasteiger charge is 2.14. The number of rotatable bonds is 3. The third-order valence-electron chi connectivity index (χ3n) is 4.22. The van der Waals surface area contributed by atoms with Crippen molar-refractivity contribution < 1.29 is 4.79 Å². The summed E-state index contributed by atoms with van der Waals surface area (Å²) in [5.74, 6) is -0.158. The van der Waals surface area contributed by atoms with Gasteiger partial charge in [-0.2, -0.15) is 0 Å². The van der Waals surface area contributed by atoms with Gasteiger partial charge in [-0.1, -0.05) is 23.8 Å². The Morgan fingerprint density at radius 2 is 1.64 bits per heavy atom. The number of hydrogen-bond donors (Lipinski definition) is 2. The maximum Gasteiger partial charge on any atom is 0.314 e. The molecule has 0 atom stereocenters. The van der Waals surface area contributed by atoms with Gasteiger partial charge < -0.3 is 14.9 Å². The van der Waals surface area contributed by atoms with Crippen LogP contribution in [0.5, 0.6) is 0 Å². The zero-order valence-electron chi connectivity index (χ0n) is 14.3. The van der Waals surface area contributed by atoms with Gasteiger partial charge in [-0.15, -0.1) is 0 Å².